The maximum Gasteiger partial charge on any atom is 0.251 e. The predicted octanol–water partition coefficient (Wildman–Crippen LogP) is 4.35. The lowest BCUT2D eigenvalue weighted by Crippen LogP contribution is -2.52. The number of aromatic nitrogens is 4. The Labute approximate surface area is 228 Å². The first-order chi connectivity index (χ1) is 18.2. The third-order valence-electron chi connectivity index (χ3n) is 6.56. The van der Waals surface area contributed by atoms with Gasteiger partial charge in [0, 0.05) is 29.4 Å². The number of aryl methyl sites for hydroxylation is 2. The molecule has 1 aromatic heterocycles. The number of rotatable bonds is 10. The number of halogens is 1. The van der Waals surface area contributed by atoms with Crippen LogP contribution in [-0.4, -0.2) is 57.3 Å². The lowest BCUT2D eigenvalue weighted by molar-refractivity contribution is -0.127. The van der Waals surface area contributed by atoms with Gasteiger partial charge in [0.25, 0.3) is 5.91 Å². The summed E-state index contributed by atoms with van der Waals surface area (Å²) >= 11 is 5.99. The van der Waals surface area contributed by atoms with Crippen LogP contribution >= 0.6 is 11.6 Å². The third-order valence-corrected chi connectivity index (χ3v) is 6.81. The molecule has 2 amide bonds. The van der Waals surface area contributed by atoms with Crippen LogP contribution in [0.25, 0.3) is 11.4 Å². The Hall–Kier alpha value is -3.30. The Balaban J connectivity index is 1.62. The van der Waals surface area contributed by atoms with E-state index in [0.29, 0.717) is 36.1 Å². The van der Waals surface area contributed by atoms with Crippen LogP contribution in [0.5, 0.6) is 0 Å². The molecule has 10 heteroatoms. The number of carbonyl (C=O) groups is 2. The predicted molar refractivity (Wildman–Crippen MR) is 147 cm³/mol. The van der Waals surface area contributed by atoms with Crippen molar-refractivity contribution in [3.8, 4) is 11.4 Å². The molecular weight excluding hydrogens is 504 g/mol. The average Bonchev–Trinajstić information content (AvgIpc) is 3.57. The van der Waals surface area contributed by atoms with E-state index in [1.165, 1.54) is 4.80 Å². The first-order valence-electron chi connectivity index (χ1n) is 13.0. The number of hydrogen-bond donors (Lipinski definition) is 1. The lowest BCUT2D eigenvalue weighted by atomic mass is 9.99. The SMILES string of the molecule is Cc1ccc(C)c(N(C(=O)Cn2nnc(-c3ccc(Cl)cc3)n2)[C@@H](CC(C)C)C(=O)NC[C@@H]2CCCO2)c1. The highest BCUT2D eigenvalue weighted by Crippen LogP contribution is 2.27. The minimum atomic E-state index is -0.705. The Bertz CT molecular complexity index is 1250. The molecule has 9 nitrogen and oxygen atoms in total. The highest BCUT2D eigenvalue weighted by molar-refractivity contribution is 6.30. The van der Waals surface area contributed by atoms with Gasteiger partial charge in [0.15, 0.2) is 0 Å². The fourth-order valence-electron chi connectivity index (χ4n) is 4.59. The quantitative estimate of drug-likeness (QED) is 0.411. The van der Waals surface area contributed by atoms with Gasteiger partial charge in [0.05, 0.1) is 6.10 Å². The van der Waals surface area contributed by atoms with Crippen molar-refractivity contribution in [1.29, 1.82) is 0 Å². The standard InChI is InChI=1S/C28H35ClN6O3/c1-18(2)14-25(28(37)30-16-23-6-5-13-38-23)35(24-15-19(3)7-8-20(24)4)26(36)17-34-32-27(31-33-34)21-9-11-22(29)12-10-21/h7-12,15,18,23,25H,5-6,13-14,16-17H2,1-4H3,(H,30,37)/t23-,25-/m0/s1. The summed E-state index contributed by atoms with van der Waals surface area (Å²) in [6.45, 7) is 8.98. The van der Waals surface area contributed by atoms with E-state index in [1.54, 1.807) is 29.2 Å². The molecular formula is C28H35ClN6O3. The number of nitrogens with one attached hydrogen (secondary N) is 1. The van der Waals surface area contributed by atoms with Crippen LogP contribution in [0.4, 0.5) is 5.69 Å². The molecule has 0 bridgehead atoms. The van der Waals surface area contributed by atoms with E-state index in [-0.39, 0.29) is 30.4 Å². The van der Waals surface area contributed by atoms with Crippen LogP contribution in [-0.2, 0) is 20.9 Å². The fourth-order valence-corrected chi connectivity index (χ4v) is 4.72. The molecule has 1 fully saturated rings. The van der Waals surface area contributed by atoms with Gasteiger partial charge >= 0.3 is 0 Å². The van der Waals surface area contributed by atoms with Gasteiger partial charge in [-0.2, -0.15) is 4.80 Å². The van der Waals surface area contributed by atoms with Crippen molar-refractivity contribution in [3.05, 3.63) is 58.6 Å². The van der Waals surface area contributed by atoms with E-state index in [4.69, 9.17) is 16.3 Å². The summed E-state index contributed by atoms with van der Waals surface area (Å²) in [6.07, 6.45) is 2.42. The zero-order chi connectivity index (χ0) is 27.2. The molecule has 38 heavy (non-hydrogen) atoms. The van der Waals surface area contributed by atoms with Crippen molar-refractivity contribution in [2.75, 3.05) is 18.1 Å². The smallest absolute Gasteiger partial charge is 0.251 e. The van der Waals surface area contributed by atoms with Crippen LogP contribution in [0.15, 0.2) is 42.5 Å². The Morgan fingerprint density at radius 2 is 1.95 bits per heavy atom. The molecule has 0 spiro atoms. The molecule has 1 aliphatic rings. The molecule has 1 saturated heterocycles. The first kappa shape index (κ1) is 27.7. The molecule has 1 aliphatic heterocycles. The normalized spacial score (nSPS) is 16.0. The molecule has 4 rings (SSSR count). The van der Waals surface area contributed by atoms with Crippen LogP contribution in [0, 0.1) is 19.8 Å². The largest absolute Gasteiger partial charge is 0.376 e. The summed E-state index contributed by atoms with van der Waals surface area (Å²) in [5.41, 5.74) is 3.34. The Morgan fingerprint density at radius 3 is 2.63 bits per heavy atom. The zero-order valence-electron chi connectivity index (χ0n) is 22.4. The second-order valence-corrected chi connectivity index (χ2v) is 10.7. The lowest BCUT2D eigenvalue weighted by Gasteiger charge is -2.33. The molecule has 0 unspecified atom stereocenters. The first-order valence-corrected chi connectivity index (χ1v) is 13.4. The van der Waals surface area contributed by atoms with Crippen LogP contribution in [0.3, 0.4) is 0 Å². The molecule has 202 valence electrons. The summed E-state index contributed by atoms with van der Waals surface area (Å²) in [4.78, 5) is 30.4. The van der Waals surface area contributed by atoms with Gasteiger partial charge in [-0.15, -0.1) is 10.2 Å². The highest BCUT2D eigenvalue weighted by Gasteiger charge is 2.33. The van der Waals surface area contributed by atoms with E-state index < -0.39 is 6.04 Å². The number of tetrazole rings is 1. The van der Waals surface area contributed by atoms with Crippen molar-refractivity contribution < 1.29 is 14.3 Å². The number of carbonyl (C=O) groups excluding carboxylic acids is 2. The van der Waals surface area contributed by atoms with Crippen molar-refractivity contribution in [1.82, 2.24) is 25.5 Å². The summed E-state index contributed by atoms with van der Waals surface area (Å²) in [5.74, 6) is 0.0734. The number of anilines is 1. The van der Waals surface area contributed by atoms with Crippen LogP contribution < -0.4 is 10.2 Å². The van der Waals surface area contributed by atoms with Gasteiger partial charge in [-0.25, -0.2) is 0 Å². The molecule has 3 aromatic rings. The van der Waals surface area contributed by atoms with Gasteiger partial charge in [-0.3, -0.25) is 14.5 Å². The summed E-state index contributed by atoms with van der Waals surface area (Å²) in [6, 6.07) is 12.3. The maximum absolute atomic E-state index is 13.9. The average molecular weight is 539 g/mol. The summed E-state index contributed by atoms with van der Waals surface area (Å²) in [5, 5.41) is 16.3. The number of nitrogens with zero attached hydrogens (tertiary/aromatic N) is 5. The van der Waals surface area contributed by atoms with Gasteiger partial charge in [0.2, 0.25) is 11.7 Å². The Morgan fingerprint density at radius 1 is 1.18 bits per heavy atom. The van der Waals surface area contributed by atoms with Crippen molar-refractivity contribution >= 4 is 29.1 Å². The summed E-state index contributed by atoms with van der Waals surface area (Å²) in [7, 11) is 0. The van der Waals surface area contributed by atoms with Gasteiger partial charge in [0.1, 0.15) is 12.6 Å². The van der Waals surface area contributed by atoms with Crippen molar-refractivity contribution in [2.24, 2.45) is 5.92 Å². The van der Waals surface area contributed by atoms with E-state index in [1.807, 2.05) is 45.9 Å². The minimum Gasteiger partial charge on any atom is -0.376 e. The molecule has 2 heterocycles. The van der Waals surface area contributed by atoms with Crippen LogP contribution in [0.2, 0.25) is 5.02 Å². The second-order valence-electron chi connectivity index (χ2n) is 10.2. The van der Waals surface area contributed by atoms with E-state index in [2.05, 4.69) is 20.7 Å². The fraction of sp³-hybridized carbons (Fsp3) is 0.464. The Kier molecular flexibility index (Phi) is 9.12. The second kappa shape index (κ2) is 12.5. The molecule has 2 atom stereocenters. The molecule has 2 aromatic carbocycles. The zero-order valence-corrected chi connectivity index (χ0v) is 23.1. The number of hydrogen-bond acceptors (Lipinski definition) is 6. The summed E-state index contributed by atoms with van der Waals surface area (Å²) < 4.78 is 5.69. The molecule has 0 saturated carbocycles. The third kappa shape index (κ3) is 6.96. The van der Waals surface area contributed by atoms with Crippen molar-refractivity contribution in [2.45, 2.75) is 65.6 Å². The number of benzene rings is 2. The maximum atomic E-state index is 13.9. The molecule has 1 N–H and O–H groups in total. The van der Waals surface area contributed by atoms with Gasteiger partial charge in [-0.05, 0) is 85.7 Å². The molecule has 0 aliphatic carbocycles. The highest BCUT2D eigenvalue weighted by atomic mass is 35.5. The number of ether oxygens (including phenoxy) is 1. The van der Waals surface area contributed by atoms with E-state index >= 15 is 0 Å². The topological polar surface area (TPSA) is 102 Å². The van der Waals surface area contributed by atoms with Crippen molar-refractivity contribution in [3.63, 3.8) is 0 Å². The van der Waals surface area contributed by atoms with E-state index in [9.17, 15) is 9.59 Å². The van der Waals surface area contributed by atoms with Crippen LogP contribution in [0.1, 0.15) is 44.2 Å². The van der Waals surface area contributed by atoms with Gasteiger partial charge < -0.3 is 10.1 Å². The number of amides is 2. The monoisotopic (exact) mass is 538 g/mol. The minimum absolute atomic E-state index is 0.00847. The molecule has 0 radical (unpaired) electrons. The van der Waals surface area contributed by atoms with Gasteiger partial charge in [-0.1, -0.05) is 37.6 Å². The van der Waals surface area contributed by atoms with E-state index in [0.717, 1.165) is 29.5 Å².